The third-order valence-corrected chi connectivity index (χ3v) is 1.19. The normalized spacial score (nSPS) is 11.5. The molecule has 0 aliphatic rings. The minimum absolute atomic E-state index is 0.0906. The molecule has 0 saturated carbocycles. The van der Waals surface area contributed by atoms with Crippen molar-refractivity contribution in [1.82, 2.24) is 0 Å². The van der Waals surface area contributed by atoms with Gasteiger partial charge in [0, 0.05) is 0 Å². The van der Waals surface area contributed by atoms with E-state index in [9.17, 15) is 4.79 Å². The molecule has 0 bridgehead atoms. The fourth-order valence-corrected chi connectivity index (χ4v) is 0.433. The van der Waals surface area contributed by atoms with Crippen molar-refractivity contribution >= 4 is 5.97 Å². The maximum Gasteiger partial charge on any atom is 0.309 e. The summed E-state index contributed by atoms with van der Waals surface area (Å²) in [4.78, 5) is 8.71. The molecule has 0 unspecified atom stereocenters. The predicted molar refractivity (Wildman–Crippen MR) is 31.5 cm³/mol. The van der Waals surface area contributed by atoms with Gasteiger partial charge >= 0.3 is 5.97 Å². The molecule has 0 heterocycles. The topological polar surface area (TPSA) is 77.8 Å². The lowest BCUT2D eigenvalue weighted by Gasteiger charge is -2.17. The van der Waals surface area contributed by atoms with Gasteiger partial charge in [-0.3, -0.25) is 4.79 Å². The van der Waals surface area contributed by atoms with Gasteiger partial charge < -0.3 is 5.11 Å². The maximum atomic E-state index is 9.93. The van der Waals surface area contributed by atoms with Crippen molar-refractivity contribution in [2.75, 3.05) is 13.1 Å². The molecule has 0 spiro atoms. The molecule has 5 heteroatoms. The van der Waals surface area contributed by atoms with Crippen molar-refractivity contribution in [2.24, 2.45) is 0 Å². The molecule has 0 aromatic rings. The van der Waals surface area contributed by atoms with E-state index in [1.807, 2.05) is 0 Å². The summed E-state index contributed by atoms with van der Waals surface area (Å²) in [6, 6.07) is 0. The number of carboxylic acids is 1. The van der Waals surface area contributed by atoms with Gasteiger partial charge in [-0.25, -0.2) is 0 Å². The van der Waals surface area contributed by atoms with Crippen LogP contribution in [0.25, 0.3) is 0 Å². The predicted octanol–water partition coefficient (Wildman–Crippen LogP) is 0.0762. The van der Waals surface area contributed by atoms with E-state index in [1.54, 1.807) is 6.92 Å². The first-order valence-electron chi connectivity index (χ1n) is 3.02. The van der Waals surface area contributed by atoms with Crippen molar-refractivity contribution in [2.45, 2.75) is 13.3 Å². The summed E-state index contributed by atoms with van der Waals surface area (Å²) in [7, 11) is 0. The van der Waals surface area contributed by atoms with Gasteiger partial charge in [0.05, 0.1) is 0 Å². The third kappa shape index (κ3) is 4.25. The van der Waals surface area contributed by atoms with Crippen LogP contribution in [0.3, 0.4) is 0 Å². The van der Waals surface area contributed by atoms with Crippen molar-refractivity contribution < 1.29 is 25.1 Å². The first-order valence-corrected chi connectivity index (χ1v) is 3.02. The van der Waals surface area contributed by atoms with Gasteiger partial charge in [-0.15, -0.1) is 0 Å². The summed E-state index contributed by atoms with van der Waals surface area (Å²) in [6.07, 6.45) is -0.235. The summed E-state index contributed by atoms with van der Waals surface area (Å²) in [5.41, 5.74) is 0. The molecule has 0 fully saturated rings. The average Bonchev–Trinajstić information content (AvgIpc) is 1.85. The Balaban J connectivity index is 3.56. The van der Waals surface area contributed by atoms with Crippen LogP contribution in [0, 0.1) is 0 Å². The first-order chi connectivity index (χ1) is 4.48. The summed E-state index contributed by atoms with van der Waals surface area (Å²) >= 11 is 0. The van der Waals surface area contributed by atoms with Gasteiger partial charge in [0.15, 0.2) is 6.54 Å². The number of hydrogen-bond donors (Lipinski definition) is 3. The van der Waals surface area contributed by atoms with E-state index in [2.05, 4.69) is 0 Å². The quantitative estimate of drug-likeness (QED) is 0.391. The number of nitrogens with zero attached hydrogens (tertiary/aromatic N) is 1. The minimum Gasteiger partial charge on any atom is -0.481 e. The van der Waals surface area contributed by atoms with E-state index in [-0.39, 0.29) is 19.5 Å². The largest absolute Gasteiger partial charge is 0.481 e. The number of carbonyl (C=O) groups is 1. The number of carboxylic acid groups (broad SMARTS) is 1. The molecule has 0 aliphatic heterocycles. The molecule has 0 amide bonds. The molecular formula is C5H12NO4+. The Bertz CT molecular complexity index is 123. The Morgan fingerprint density at radius 3 is 2.30 bits per heavy atom. The van der Waals surface area contributed by atoms with Crippen LogP contribution in [0.1, 0.15) is 13.3 Å². The lowest BCUT2D eigenvalue weighted by molar-refractivity contribution is -1.24. The standard InChI is InChI=1S/C5H11NO4/c1-2-6(9,10)4-3-5(7)8/h9-10H,2-4H2,1H3/p+1. The molecular weight excluding hydrogens is 138 g/mol. The monoisotopic (exact) mass is 150 g/mol. The molecule has 0 radical (unpaired) electrons. The molecule has 10 heavy (non-hydrogen) atoms. The van der Waals surface area contributed by atoms with Gasteiger partial charge in [0.25, 0.3) is 0 Å². The summed E-state index contributed by atoms with van der Waals surface area (Å²) in [6.45, 7) is 1.47. The molecule has 0 saturated heterocycles. The van der Waals surface area contributed by atoms with E-state index in [4.69, 9.17) is 15.5 Å². The van der Waals surface area contributed by atoms with Gasteiger partial charge in [-0.2, -0.15) is 10.4 Å². The molecule has 3 N–H and O–H groups in total. The smallest absolute Gasteiger partial charge is 0.309 e. The molecule has 5 nitrogen and oxygen atoms in total. The van der Waals surface area contributed by atoms with Crippen molar-refractivity contribution in [3.05, 3.63) is 0 Å². The fraction of sp³-hybridized carbons (Fsp3) is 0.800. The second-order valence-electron chi connectivity index (χ2n) is 2.06. The average molecular weight is 150 g/mol. The number of quaternary nitrogens is 1. The van der Waals surface area contributed by atoms with Crippen LogP contribution < -0.4 is 0 Å². The highest BCUT2D eigenvalue weighted by Gasteiger charge is 2.20. The van der Waals surface area contributed by atoms with Crippen LogP contribution in [0.5, 0.6) is 0 Å². The van der Waals surface area contributed by atoms with Gasteiger partial charge in [0.1, 0.15) is 13.0 Å². The maximum absolute atomic E-state index is 9.93. The van der Waals surface area contributed by atoms with Gasteiger partial charge in [-0.1, -0.05) is 0 Å². The van der Waals surface area contributed by atoms with Gasteiger partial charge in [0.2, 0.25) is 0 Å². The Labute approximate surface area is 58.6 Å². The first kappa shape index (κ1) is 9.35. The van der Waals surface area contributed by atoms with Crippen molar-refractivity contribution in [3.8, 4) is 0 Å². The van der Waals surface area contributed by atoms with Crippen LogP contribution in [-0.2, 0) is 4.79 Å². The zero-order chi connectivity index (χ0) is 8.20. The van der Waals surface area contributed by atoms with Crippen LogP contribution >= 0.6 is 0 Å². The third-order valence-electron chi connectivity index (χ3n) is 1.19. The lowest BCUT2D eigenvalue weighted by Crippen LogP contribution is -2.42. The van der Waals surface area contributed by atoms with Crippen LogP contribution in [-0.4, -0.2) is 39.4 Å². The zero-order valence-electron chi connectivity index (χ0n) is 5.82. The number of hydrogen-bond acceptors (Lipinski definition) is 3. The van der Waals surface area contributed by atoms with E-state index in [0.717, 1.165) is 0 Å². The van der Waals surface area contributed by atoms with Gasteiger partial charge in [-0.05, 0) is 11.7 Å². The van der Waals surface area contributed by atoms with Crippen molar-refractivity contribution in [3.63, 3.8) is 0 Å². The highest BCUT2D eigenvalue weighted by atomic mass is 16.8. The number of rotatable bonds is 4. The summed E-state index contributed by atoms with van der Waals surface area (Å²) in [5, 5.41) is 25.7. The molecule has 60 valence electrons. The lowest BCUT2D eigenvalue weighted by atomic mass is 10.4. The Kier molecular flexibility index (Phi) is 3.27. The molecule has 0 aromatic carbocycles. The second kappa shape index (κ2) is 3.50. The Hall–Kier alpha value is -0.650. The summed E-state index contributed by atoms with van der Waals surface area (Å²) in [5.74, 6) is -1.03. The van der Waals surface area contributed by atoms with E-state index in [1.165, 1.54) is 0 Å². The molecule has 0 aromatic heterocycles. The SMILES string of the molecule is CC[N+](O)(O)CCC(=O)O. The Morgan fingerprint density at radius 2 is 2.00 bits per heavy atom. The zero-order valence-corrected chi connectivity index (χ0v) is 5.82. The minimum atomic E-state index is -1.22. The fourth-order valence-electron chi connectivity index (χ4n) is 0.433. The van der Waals surface area contributed by atoms with Crippen molar-refractivity contribution in [1.29, 1.82) is 0 Å². The molecule has 0 rings (SSSR count). The number of hydroxylamine groups is 4. The highest BCUT2D eigenvalue weighted by molar-refractivity contribution is 5.66. The van der Waals surface area contributed by atoms with Crippen LogP contribution in [0.15, 0.2) is 0 Å². The van der Waals surface area contributed by atoms with Crippen LogP contribution in [0.4, 0.5) is 0 Å². The van der Waals surface area contributed by atoms with E-state index < -0.39 is 10.8 Å². The molecule has 0 atom stereocenters. The summed E-state index contributed by atoms with van der Waals surface area (Å²) < 4.78 is 0. The van der Waals surface area contributed by atoms with E-state index >= 15 is 0 Å². The second-order valence-corrected chi connectivity index (χ2v) is 2.06. The van der Waals surface area contributed by atoms with Crippen LogP contribution in [0.2, 0.25) is 0 Å². The Morgan fingerprint density at radius 1 is 1.50 bits per heavy atom. The number of aliphatic carboxylic acids is 1. The highest BCUT2D eigenvalue weighted by Crippen LogP contribution is 1.96. The van der Waals surface area contributed by atoms with E-state index in [0.29, 0.717) is 0 Å². The molecule has 0 aliphatic carbocycles.